The minimum atomic E-state index is -0.0483. The van der Waals surface area contributed by atoms with Crippen LogP contribution in [-0.2, 0) is 16.2 Å². The summed E-state index contributed by atoms with van der Waals surface area (Å²) in [6, 6.07) is 83.7. The van der Waals surface area contributed by atoms with Crippen molar-refractivity contribution < 1.29 is 0 Å². The second kappa shape index (κ2) is 16.9. The van der Waals surface area contributed by atoms with E-state index in [1.165, 1.54) is 130 Å². The van der Waals surface area contributed by atoms with E-state index in [4.69, 9.17) is 0 Å². The number of nitrogens with zero attached hydrogens (tertiary/aromatic N) is 4. The van der Waals surface area contributed by atoms with Crippen LogP contribution in [0.5, 0.6) is 0 Å². The Bertz CT molecular complexity index is 4990. The van der Waals surface area contributed by atoms with E-state index in [0.717, 1.165) is 35.6 Å². The minimum absolute atomic E-state index is 0.000436. The first-order valence-corrected chi connectivity index (χ1v) is 30.1. The molecule has 0 N–H and O–H groups in total. The molecule has 0 saturated heterocycles. The maximum absolute atomic E-state index is 2.73. The van der Waals surface area contributed by atoms with Gasteiger partial charge in [-0.3, -0.25) is 0 Å². The van der Waals surface area contributed by atoms with Gasteiger partial charge in [0.1, 0.15) is 0 Å². The van der Waals surface area contributed by atoms with Crippen LogP contribution in [0.15, 0.2) is 218 Å². The molecule has 0 atom stereocenters. The molecule has 0 fully saturated rings. The van der Waals surface area contributed by atoms with Crippen LogP contribution >= 0.6 is 11.3 Å². The van der Waals surface area contributed by atoms with Crippen LogP contribution in [0, 0.1) is 0 Å². The number of hydrogen-bond donors (Lipinski definition) is 0. The molecule has 0 radical (unpaired) electrons. The second-order valence-corrected chi connectivity index (χ2v) is 27.0. The van der Waals surface area contributed by atoms with Crippen LogP contribution in [0.4, 0.5) is 34.1 Å². The average molecular weight is 1070 g/mol. The van der Waals surface area contributed by atoms with Crippen molar-refractivity contribution in [3.8, 4) is 11.4 Å². The molecular formula is C76H61BN4S. The predicted octanol–water partition coefficient (Wildman–Crippen LogP) is 19.1. The zero-order valence-electron chi connectivity index (χ0n) is 47.5. The summed E-state index contributed by atoms with van der Waals surface area (Å²) in [5, 5.41) is 11.2. The van der Waals surface area contributed by atoms with Crippen molar-refractivity contribution in [1.29, 1.82) is 0 Å². The monoisotopic (exact) mass is 1070 g/mol. The summed E-state index contributed by atoms with van der Waals surface area (Å²) in [5.41, 5.74) is 21.3. The van der Waals surface area contributed by atoms with Gasteiger partial charge in [0.15, 0.2) is 0 Å². The van der Waals surface area contributed by atoms with Crippen LogP contribution in [-0.4, -0.2) is 15.8 Å². The van der Waals surface area contributed by atoms with E-state index in [-0.39, 0.29) is 23.0 Å². The third-order valence-electron chi connectivity index (χ3n) is 19.2. The van der Waals surface area contributed by atoms with Gasteiger partial charge in [-0.25, -0.2) is 0 Å². The molecule has 14 aromatic rings. The number of hydrogen-bond acceptors (Lipinski definition) is 3. The summed E-state index contributed by atoms with van der Waals surface area (Å²) in [4.78, 5) is 5.27. The fourth-order valence-electron chi connectivity index (χ4n) is 15.0. The zero-order valence-corrected chi connectivity index (χ0v) is 48.3. The van der Waals surface area contributed by atoms with E-state index in [1.54, 1.807) is 0 Å². The lowest BCUT2D eigenvalue weighted by molar-refractivity contribution is 0.332. The molecule has 0 unspecified atom stereocenters. The normalized spacial score (nSPS) is 15.1. The quantitative estimate of drug-likeness (QED) is 0.160. The van der Waals surface area contributed by atoms with Gasteiger partial charge in [-0.05, 0) is 157 Å². The number of para-hydroxylation sites is 3. The molecule has 5 heterocycles. The number of fused-ring (bicyclic) bond motifs is 16. The van der Waals surface area contributed by atoms with E-state index in [9.17, 15) is 0 Å². The number of benzene rings is 11. The zero-order chi connectivity index (χ0) is 55.1. The molecule has 3 aliphatic rings. The molecule has 82 heavy (non-hydrogen) atoms. The van der Waals surface area contributed by atoms with Gasteiger partial charge >= 0.3 is 0 Å². The first-order valence-electron chi connectivity index (χ1n) is 29.3. The Morgan fingerprint density at radius 1 is 0.451 bits per heavy atom. The van der Waals surface area contributed by atoms with Crippen LogP contribution in [0.25, 0.3) is 86.6 Å². The first kappa shape index (κ1) is 47.9. The second-order valence-electron chi connectivity index (χ2n) is 26.0. The predicted molar refractivity (Wildman–Crippen MR) is 354 cm³/mol. The lowest BCUT2D eigenvalue weighted by atomic mass is 9.36. The smallest absolute Gasteiger partial charge is 0.264 e. The van der Waals surface area contributed by atoms with Crippen molar-refractivity contribution in [3.05, 3.63) is 235 Å². The topological polar surface area (TPSA) is 16.3 Å². The molecule has 2 aliphatic heterocycles. The summed E-state index contributed by atoms with van der Waals surface area (Å²) in [6.07, 6.45) is 2.30. The van der Waals surface area contributed by atoms with Gasteiger partial charge in [0.2, 0.25) is 0 Å². The van der Waals surface area contributed by atoms with Gasteiger partial charge in [0.25, 0.3) is 6.71 Å². The number of rotatable bonds is 5. The van der Waals surface area contributed by atoms with Crippen molar-refractivity contribution in [2.24, 2.45) is 0 Å². The molecule has 3 aromatic heterocycles. The molecule has 0 spiro atoms. The number of anilines is 6. The highest BCUT2D eigenvalue weighted by Crippen LogP contribution is 2.53. The van der Waals surface area contributed by atoms with Gasteiger partial charge in [0, 0.05) is 76.0 Å². The minimum Gasteiger partial charge on any atom is -0.310 e. The largest absolute Gasteiger partial charge is 0.310 e. The fourth-order valence-corrected chi connectivity index (χ4v) is 16.3. The van der Waals surface area contributed by atoms with E-state index < -0.39 is 0 Å². The number of thiophene rings is 1. The summed E-state index contributed by atoms with van der Waals surface area (Å²) < 4.78 is 7.96. The SMILES string of the molecule is CC(C)(C)c1ccc2sc3c(c2c1)N(c1ccc2c(c1)C(C)(C)CCC2(C)C)c1cc(N(c2ccc4ccccc4c2)c2ccc4ccccc4c2)cc2c1B3c1cccc3c4ccc5c6ccccc6n(-c6ccccc6)c5c4n-2c13. The molecular weight excluding hydrogens is 1010 g/mol. The summed E-state index contributed by atoms with van der Waals surface area (Å²) in [6.45, 7) is 16.9. The van der Waals surface area contributed by atoms with E-state index in [2.05, 4.69) is 286 Å². The van der Waals surface area contributed by atoms with Crippen LogP contribution in [0.3, 0.4) is 0 Å². The van der Waals surface area contributed by atoms with E-state index in [0.29, 0.717) is 0 Å². The Morgan fingerprint density at radius 3 is 1.78 bits per heavy atom. The lowest BCUT2D eigenvalue weighted by Crippen LogP contribution is -2.59. The van der Waals surface area contributed by atoms with Gasteiger partial charge in [-0.2, -0.15) is 0 Å². The molecule has 4 nitrogen and oxygen atoms in total. The molecule has 0 saturated carbocycles. The van der Waals surface area contributed by atoms with Crippen molar-refractivity contribution in [2.75, 3.05) is 9.80 Å². The van der Waals surface area contributed by atoms with Crippen LogP contribution in [0.1, 0.15) is 78.0 Å². The van der Waals surface area contributed by atoms with Crippen molar-refractivity contribution in [1.82, 2.24) is 9.13 Å². The van der Waals surface area contributed by atoms with Gasteiger partial charge in [-0.1, -0.05) is 188 Å². The van der Waals surface area contributed by atoms with Crippen molar-refractivity contribution >= 4 is 143 Å². The Morgan fingerprint density at radius 2 is 1.06 bits per heavy atom. The molecule has 1 aliphatic carbocycles. The Hall–Kier alpha value is -8.84. The van der Waals surface area contributed by atoms with Crippen molar-refractivity contribution in [3.63, 3.8) is 0 Å². The third kappa shape index (κ3) is 6.73. The molecule has 0 bridgehead atoms. The maximum atomic E-state index is 2.73. The third-order valence-corrected chi connectivity index (χ3v) is 20.4. The standard InChI is InChI=1S/C76H61BN4S/c1-74(2,3)50-30-37-67-60(42-50)72-73(82-67)77-63-26-17-25-57-59-35-34-58-56-24-15-16-27-64(56)79(51-22-9-8-10-23-51)70(58)71(59)81(69(57)63)66-45-55(44-65(68(66)77)80(72)54-33-36-61-62(43-54)76(6,7)39-38-75(61,4)5)78(52-31-28-46-18-11-13-20-48(46)40-52)53-32-29-47-19-12-14-21-49(47)41-53/h8-37,40-45H,38-39H2,1-7H3. The Labute approximate surface area is 483 Å². The highest BCUT2D eigenvalue weighted by molar-refractivity contribution is 7.33. The fraction of sp³-hybridized carbons (Fsp3) is 0.158. The Kier molecular flexibility index (Phi) is 9.86. The lowest BCUT2D eigenvalue weighted by Gasteiger charge is -2.44. The average Bonchev–Trinajstić information content (AvgIpc) is 1.90. The van der Waals surface area contributed by atoms with Crippen LogP contribution < -0.4 is 25.5 Å². The Balaban J connectivity index is 1.07. The number of aromatic nitrogens is 2. The summed E-state index contributed by atoms with van der Waals surface area (Å²) in [7, 11) is 0. The highest BCUT2D eigenvalue weighted by Gasteiger charge is 2.46. The molecule has 17 rings (SSSR count). The van der Waals surface area contributed by atoms with Gasteiger partial charge < -0.3 is 18.9 Å². The van der Waals surface area contributed by atoms with Gasteiger partial charge in [-0.15, -0.1) is 11.3 Å². The van der Waals surface area contributed by atoms with Crippen molar-refractivity contribution in [2.45, 2.75) is 77.6 Å². The maximum Gasteiger partial charge on any atom is 0.264 e. The summed E-state index contributed by atoms with van der Waals surface area (Å²) >= 11 is 2.00. The first-order chi connectivity index (χ1) is 39.8. The molecule has 6 heteroatoms. The highest BCUT2D eigenvalue weighted by atomic mass is 32.1. The molecule has 394 valence electrons. The molecule has 0 amide bonds. The van der Waals surface area contributed by atoms with Crippen LogP contribution in [0.2, 0.25) is 0 Å². The van der Waals surface area contributed by atoms with E-state index >= 15 is 0 Å². The van der Waals surface area contributed by atoms with Gasteiger partial charge in [0.05, 0.1) is 27.9 Å². The van der Waals surface area contributed by atoms with E-state index in [1.807, 2.05) is 11.3 Å². The molecule has 11 aromatic carbocycles. The summed E-state index contributed by atoms with van der Waals surface area (Å²) in [5.74, 6) is 0.